The fraction of sp³-hybridized carbons (Fsp3) is 0.286. The van der Waals surface area contributed by atoms with E-state index in [1.807, 2.05) is 97.1 Å². The molecule has 0 radical (unpaired) electrons. The second kappa shape index (κ2) is 14.9. The molecule has 0 saturated carbocycles. The summed E-state index contributed by atoms with van der Waals surface area (Å²) in [4.78, 5) is 59.2. The van der Waals surface area contributed by atoms with Gasteiger partial charge in [0.25, 0.3) is 0 Å². The van der Waals surface area contributed by atoms with Crippen LogP contribution in [0.3, 0.4) is 0 Å². The molecule has 0 spiro atoms. The zero-order valence-corrected chi connectivity index (χ0v) is 29.3. The number of carbonyl (C=O) groups is 4. The van der Waals surface area contributed by atoms with Gasteiger partial charge in [-0.3, -0.25) is 19.4 Å². The summed E-state index contributed by atoms with van der Waals surface area (Å²) in [7, 11) is 0. The van der Waals surface area contributed by atoms with E-state index in [-0.39, 0.29) is 25.0 Å². The molecule has 3 N–H and O–H groups in total. The Hall–Kier alpha value is -6.10. The molecule has 2 saturated heterocycles. The topological polar surface area (TPSA) is 133 Å². The number of H-pyrrole nitrogens is 1. The van der Waals surface area contributed by atoms with Crippen molar-refractivity contribution in [3.63, 3.8) is 0 Å². The second-order valence-corrected chi connectivity index (χ2v) is 13.9. The van der Waals surface area contributed by atoms with E-state index in [1.165, 1.54) is 15.4 Å². The van der Waals surface area contributed by atoms with Gasteiger partial charge in [-0.05, 0) is 91.1 Å². The van der Waals surface area contributed by atoms with Gasteiger partial charge in [0.05, 0.1) is 0 Å². The number of hydrogen-bond acceptors (Lipinski definition) is 6. The predicted molar refractivity (Wildman–Crippen MR) is 201 cm³/mol. The molecule has 3 aliphatic rings. The lowest BCUT2D eigenvalue weighted by Crippen LogP contribution is -2.43. The molecule has 2 atom stereocenters. The first kappa shape index (κ1) is 34.0. The molecule has 1 aliphatic carbocycles. The highest BCUT2D eigenvalue weighted by atomic mass is 16.6. The lowest BCUT2D eigenvalue weighted by Gasteiger charge is -2.24. The van der Waals surface area contributed by atoms with Gasteiger partial charge >= 0.3 is 12.2 Å². The van der Waals surface area contributed by atoms with Crippen molar-refractivity contribution in [1.82, 2.24) is 14.8 Å². The maximum absolute atomic E-state index is 13.4. The van der Waals surface area contributed by atoms with E-state index < -0.39 is 24.3 Å². The molecule has 2 fully saturated rings. The fourth-order valence-electron chi connectivity index (χ4n) is 7.77. The van der Waals surface area contributed by atoms with Crippen molar-refractivity contribution in [2.75, 3.05) is 23.7 Å². The lowest BCUT2D eigenvalue weighted by atomic mass is 9.88. The van der Waals surface area contributed by atoms with Crippen LogP contribution in [0.25, 0.3) is 22.2 Å². The van der Waals surface area contributed by atoms with Crippen LogP contribution in [0.15, 0.2) is 97.1 Å². The van der Waals surface area contributed by atoms with Crippen molar-refractivity contribution in [2.24, 2.45) is 0 Å². The monoisotopic (exact) mass is 711 g/mol. The Morgan fingerprint density at radius 2 is 1.21 bits per heavy atom. The molecule has 11 heteroatoms. The summed E-state index contributed by atoms with van der Waals surface area (Å²) in [6.45, 7) is 1.27. The lowest BCUT2D eigenvalue weighted by molar-refractivity contribution is -0.120. The van der Waals surface area contributed by atoms with Gasteiger partial charge in [0.1, 0.15) is 25.3 Å². The van der Waals surface area contributed by atoms with Gasteiger partial charge in [0, 0.05) is 46.6 Å². The average molecular weight is 712 g/mol. The van der Waals surface area contributed by atoms with Crippen LogP contribution in [0, 0.1) is 0 Å². The highest BCUT2D eigenvalue weighted by Crippen LogP contribution is 2.39. The number of likely N-dealkylation sites (tertiary alicyclic amines) is 2. The zero-order valence-electron chi connectivity index (χ0n) is 29.3. The molecule has 3 heterocycles. The first-order valence-electron chi connectivity index (χ1n) is 18.3. The first-order chi connectivity index (χ1) is 25.9. The molecule has 11 nitrogen and oxygen atoms in total. The molecular formula is C42H41N5O6. The Morgan fingerprint density at radius 1 is 0.660 bits per heavy atom. The molecule has 5 aromatic rings. The predicted octanol–water partition coefficient (Wildman–Crippen LogP) is 7.41. The van der Waals surface area contributed by atoms with Gasteiger partial charge in [-0.1, -0.05) is 66.7 Å². The van der Waals surface area contributed by atoms with Gasteiger partial charge in [-0.25, -0.2) is 9.59 Å². The molecule has 53 heavy (non-hydrogen) atoms. The minimum Gasteiger partial charge on any atom is -0.445 e. The van der Waals surface area contributed by atoms with Crippen molar-refractivity contribution in [3.05, 3.63) is 119 Å². The highest BCUT2D eigenvalue weighted by molar-refractivity contribution is 6.01. The van der Waals surface area contributed by atoms with Crippen LogP contribution in [-0.4, -0.2) is 64.0 Å². The Kier molecular flexibility index (Phi) is 9.54. The summed E-state index contributed by atoms with van der Waals surface area (Å²) < 4.78 is 11.0. The number of amides is 4. The van der Waals surface area contributed by atoms with Gasteiger partial charge in [-0.15, -0.1) is 0 Å². The number of aryl methyl sites for hydroxylation is 2. The van der Waals surface area contributed by atoms with Gasteiger partial charge in [0.15, 0.2) is 0 Å². The largest absolute Gasteiger partial charge is 0.445 e. The van der Waals surface area contributed by atoms with Gasteiger partial charge in [0.2, 0.25) is 11.8 Å². The Bertz CT molecular complexity index is 2170. The summed E-state index contributed by atoms with van der Waals surface area (Å²) in [5.41, 5.74) is 8.48. The molecule has 2 aliphatic heterocycles. The van der Waals surface area contributed by atoms with Crippen LogP contribution >= 0.6 is 0 Å². The average Bonchev–Trinajstić information content (AvgIpc) is 3.96. The third-order valence-corrected chi connectivity index (χ3v) is 10.5. The van der Waals surface area contributed by atoms with E-state index in [0.717, 1.165) is 64.5 Å². The molecule has 8 rings (SSSR count). The number of carbonyl (C=O) groups excluding carboxylic acids is 4. The Labute approximate surface area is 307 Å². The van der Waals surface area contributed by atoms with Crippen LogP contribution in [-0.2, 0) is 45.1 Å². The number of fused-ring (bicyclic) bond motifs is 5. The molecule has 0 bridgehead atoms. The number of anilines is 2. The highest BCUT2D eigenvalue weighted by Gasteiger charge is 2.36. The van der Waals surface area contributed by atoms with Crippen molar-refractivity contribution in [2.45, 2.75) is 63.8 Å². The molecule has 4 aromatic carbocycles. The van der Waals surface area contributed by atoms with E-state index in [4.69, 9.17) is 9.47 Å². The van der Waals surface area contributed by atoms with Crippen LogP contribution in [0.5, 0.6) is 0 Å². The van der Waals surface area contributed by atoms with E-state index in [0.29, 0.717) is 37.3 Å². The standard InChI is InChI=1S/C42H41N5O6/c48-39(36-13-7-21-46(36)41(50)52-25-27-9-3-1-4-10-27)43-30-16-19-32-29(23-30)15-18-33-34-24-31(17-20-35(34)45-38(32)33)44-40(49)37-14-8-22-47(37)42(51)53-26-28-11-5-2-6-12-28/h1-6,9-12,16-17,19-20,23-24,36-37,45H,7-8,13-15,18,21-22,25-26H2,(H,43,48)(H,44,49)/t36-,37-/m0/s1. The molecular weight excluding hydrogens is 670 g/mol. The summed E-state index contributed by atoms with van der Waals surface area (Å²) in [6.07, 6.45) is 3.22. The van der Waals surface area contributed by atoms with E-state index in [9.17, 15) is 19.2 Å². The number of rotatable bonds is 8. The van der Waals surface area contributed by atoms with Crippen LogP contribution in [0.4, 0.5) is 21.0 Å². The minimum absolute atomic E-state index is 0.159. The van der Waals surface area contributed by atoms with Gasteiger partial charge < -0.3 is 25.1 Å². The zero-order chi connectivity index (χ0) is 36.3. The summed E-state index contributed by atoms with van der Waals surface area (Å²) >= 11 is 0. The number of aromatic amines is 1. The van der Waals surface area contributed by atoms with Crippen molar-refractivity contribution < 1.29 is 28.7 Å². The Balaban J connectivity index is 0.912. The fourth-order valence-corrected chi connectivity index (χ4v) is 7.77. The maximum atomic E-state index is 13.4. The SMILES string of the molecule is O=C(Nc1ccc2c(c1)CCc1c-2[nH]c2ccc(NC(=O)[C@@H]3CCCN3C(=O)OCc3ccccc3)cc12)[C@@H]1CCCN1C(=O)OCc1ccccc1. The molecule has 270 valence electrons. The van der Waals surface area contributed by atoms with Crippen LogP contribution < -0.4 is 10.6 Å². The number of nitrogens with one attached hydrogen (secondary N) is 3. The van der Waals surface area contributed by atoms with Crippen LogP contribution in [0.1, 0.15) is 47.9 Å². The number of benzene rings is 4. The van der Waals surface area contributed by atoms with Crippen LogP contribution in [0.2, 0.25) is 0 Å². The summed E-state index contributed by atoms with van der Waals surface area (Å²) in [5, 5.41) is 7.13. The molecule has 0 unspecified atom stereocenters. The number of hydrogen-bond donors (Lipinski definition) is 3. The minimum atomic E-state index is -0.596. The van der Waals surface area contributed by atoms with E-state index in [2.05, 4.69) is 15.6 Å². The van der Waals surface area contributed by atoms with E-state index >= 15 is 0 Å². The number of nitrogens with zero attached hydrogens (tertiary/aromatic N) is 2. The normalized spacial score (nSPS) is 17.6. The molecule has 1 aromatic heterocycles. The number of ether oxygens (including phenoxy) is 2. The Morgan fingerprint density at radius 3 is 1.79 bits per heavy atom. The van der Waals surface area contributed by atoms with Crippen molar-refractivity contribution in [3.8, 4) is 11.3 Å². The second-order valence-electron chi connectivity index (χ2n) is 13.9. The third-order valence-electron chi connectivity index (χ3n) is 10.5. The van der Waals surface area contributed by atoms with Crippen molar-refractivity contribution in [1.29, 1.82) is 0 Å². The number of aromatic nitrogens is 1. The van der Waals surface area contributed by atoms with Gasteiger partial charge in [-0.2, -0.15) is 0 Å². The summed E-state index contributed by atoms with van der Waals surface area (Å²) in [5.74, 6) is -0.451. The molecule has 4 amide bonds. The maximum Gasteiger partial charge on any atom is 0.410 e. The third kappa shape index (κ3) is 7.19. The smallest absolute Gasteiger partial charge is 0.410 e. The quantitative estimate of drug-likeness (QED) is 0.154. The summed E-state index contributed by atoms with van der Waals surface area (Å²) in [6, 6.07) is 29.6. The van der Waals surface area contributed by atoms with E-state index in [1.54, 1.807) is 0 Å². The van der Waals surface area contributed by atoms with Crippen molar-refractivity contribution >= 4 is 46.3 Å². The first-order valence-corrected chi connectivity index (χ1v) is 18.3.